The second kappa shape index (κ2) is 7.81. The van der Waals surface area contributed by atoms with Gasteiger partial charge in [0, 0.05) is 43.7 Å². The Kier molecular flexibility index (Phi) is 5.20. The summed E-state index contributed by atoms with van der Waals surface area (Å²) in [5.74, 6) is 3.40. The minimum Gasteiger partial charge on any atom is -0.376 e. The van der Waals surface area contributed by atoms with E-state index >= 15 is 0 Å². The molecule has 3 aliphatic rings. The van der Waals surface area contributed by atoms with Crippen molar-refractivity contribution in [3.63, 3.8) is 0 Å². The Morgan fingerprint density at radius 1 is 1.18 bits per heavy atom. The summed E-state index contributed by atoms with van der Waals surface area (Å²) in [6.07, 6.45) is 9.46. The number of fused-ring (bicyclic) bond motifs is 1. The molecule has 0 amide bonds. The van der Waals surface area contributed by atoms with Gasteiger partial charge in [0.25, 0.3) is 0 Å². The Morgan fingerprint density at radius 2 is 2.00 bits per heavy atom. The van der Waals surface area contributed by atoms with Crippen molar-refractivity contribution in [1.82, 2.24) is 14.5 Å². The summed E-state index contributed by atoms with van der Waals surface area (Å²) in [5.41, 5.74) is 1.31. The topological polar surface area (TPSA) is 30.3 Å². The van der Waals surface area contributed by atoms with Crippen molar-refractivity contribution >= 4 is 11.6 Å². The Morgan fingerprint density at radius 3 is 2.71 bits per heavy atom. The molecule has 1 aliphatic heterocycles. The number of imidazole rings is 1. The van der Waals surface area contributed by atoms with Gasteiger partial charge in [-0.25, -0.2) is 4.98 Å². The van der Waals surface area contributed by atoms with Gasteiger partial charge >= 0.3 is 0 Å². The molecule has 2 aliphatic carbocycles. The maximum atomic E-state index is 6.49. The highest BCUT2D eigenvalue weighted by Crippen LogP contribution is 2.44. The van der Waals surface area contributed by atoms with E-state index in [0.717, 1.165) is 41.8 Å². The molecule has 5 rings (SSSR count). The van der Waals surface area contributed by atoms with Crippen LogP contribution in [0.3, 0.4) is 0 Å². The third-order valence-corrected chi connectivity index (χ3v) is 7.15. The molecule has 150 valence electrons. The molecule has 0 unspecified atom stereocenters. The average Bonchev–Trinajstić information content (AvgIpc) is 3.28. The van der Waals surface area contributed by atoms with E-state index in [9.17, 15) is 0 Å². The van der Waals surface area contributed by atoms with Crippen LogP contribution in [0.5, 0.6) is 0 Å². The van der Waals surface area contributed by atoms with Gasteiger partial charge in [-0.1, -0.05) is 23.7 Å². The molecule has 2 heterocycles. The molecule has 1 saturated heterocycles. The first-order valence-electron chi connectivity index (χ1n) is 10.7. The number of rotatable bonds is 6. The minimum absolute atomic E-state index is 0.320. The second-order valence-electron chi connectivity index (χ2n) is 9.08. The zero-order valence-corrected chi connectivity index (χ0v) is 17.4. The number of benzene rings is 1. The van der Waals surface area contributed by atoms with Gasteiger partial charge in [-0.15, -0.1) is 0 Å². The minimum atomic E-state index is 0.320. The Bertz CT molecular complexity index is 818. The normalized spacial score (nSPS) is 30.5. The molecule has 0 bridgehead atoms. The lowest BCUT2D eigenvalue weighted by molar-refractivity contribution is -0.0343. The summed E-state index contributed by atoms with van der Waals surface area (Å²) < 4.78 is 8.86. The van der Waals surface area contributed by atoms with E-state index in [4.69, 9.17) is 16.3 Å². The molecule has 0 N–H and O–H groups in total. The third-order valence-electron chi connectivity index (χ3n) is 6.92. The first kappa shape index (κ1) is 18.7. The fourth-order valence-electron chi connectivity index (χ4n) is 5.26. The molecule has 0 spiro atoms. The number of halogens is 1. The zero-order chi connectivity index (χ0) is 19.1. The number of aryl methyl sites for hydroxylation is 1. The molecule has 0 radical (unpaired) electrons. The fraction of sp³-hybridized carbons (Fsp3) is 0.609. The van der Waals surface area contributed by atoms with Crippen LogP contribution in [-0.4, -0.2) is 40.3 Å². The first-order chi connectivity index (χ1) is 13.7. The van der Waals surface area contributed by atoms with Crippen LogP contribution in [0.4, 0.5) is 0 Å². The highest BCUT2D eigenvalue weighted by atomic mass is 35.5. The monoisotopic (exact) mass is 399 g/mol. The van der Waals surface area contributed by atoms with Crippen molar-refractivity contribution in [3.8, 4) is 0 Å². The first-order valence-corrected chi connectivity index (χ1v) is 11.1. The van der Waals surface area contributed by atoms with Crippen LogP contribution in [0, 0.1) is 24.7 Å². The zero-order valence-electron chi connectivity index (χ0n) is 16.6. The van der Waals surface area contributed by atoms with E-state index < -0.39 is 0 Å². The van der Waals surface area contributed by atoms with Crippen LogP contribution >= 0.6 is 11.6 Å². The summed E-state index contributed by atoms with van der Waals surface area (Å²) in [4.78, 5) is 7.10. The summed E-state index contributed by atoms with van der Waals surface area (Å²) in [6, 6.07) is 8.72. The number of hydrogen-bond acceptors (Lipinski definition) is 3. The van der Waals surface area contributed by atoms with Crippen LogP contribution in [0.2, 0.25) is 5.02 Å². The summed E-state index contributed by atoms with van der Waals surface area (Å²) in [7, 11) is 0. The molecule has 2 saturated carbocycles. The van der Waals surface area contributed by atoms with Crippen molar-refractivity contribution < 1.29 is 4.74 Å². The SMILES string of the molecule is Cc1nccn1[C@H]1C[C@H]2CN(Cc3cccc(Cl)c3)C[C@H]2C[C@@H]1OCC1CC1. The predicted molar refractivity (Wildman–Crippen MR) is 111 cm³/mol. The third kappa shape index (κ3) is 4.00. The van der Waals surface area contributed by atoms with E-state index in [0.29, 0.717) is 12.1 Å². The number of hydrogen-bond donors (Lipinski definition) is 0. The number of nitrogens with zero attached hydrogens (tertiary/aromatic N) is 3. The molecule has 2 aromatic rings. The van der Waals surface area contributed by atoms with E-state index in [-0.39, 0.29) is 0 Å². The van der Waals surface area contributed by atoms with Gasteiger partial charge in [-0.2, -0.15) is 0 Å². The van der Waals surface area contributed by atoms with E-state index in [1.165, 1.54) is 44.3 Å². The van der Waals surface area contributed by atoms with Crippen LogP contribution in [-0.2, 0) is 11.3 Å². The van der Waals surface area contributed by atoms with Crippen LogP contribution in [0.1, 0.15) is 43.1 Å². The van der Waals surface area contributed by atoms with Crippen molar-refractivity contribution in [2.45, 2.75) is 51.3 Å². The lowest BCUT2D eigenvalue weighted by atomic mass is 9.77. The number of aromatic nitrogens is 2. The van der Waals surface area contributed by atoms with Crippen LogP contribution in [0.25, 0.3) is 0 Å². The molecule has 28 heavy (non-hydrogen) atoms. The quantitative estimate of drug-likeness (QED) is 0.703. The van der Waals surface area contributed by atoms with Gasteiger partial charge in [0.05, 0.1) is 12.1 Å². The molecule has 1 aromatic heterocycles. The highest BCUT2D eigenvalue weighted by Gasteiger charge is 2.43. The average molecular weight is 400 g/mol. The molecule has 5 heteroatoms. The highest BCUT2D eigenvalue weighted by molar-refractivity contribution is 6.30. The Labute approximate surface area is 172 Å². The van der Waals surface area contributed by atoms with Gasteiger partial charge in [-0.3, -0.25) is 4.90 Å². The van der Waals surface area contributed by atoms with E-state index in [1.54, 1.807) is 0 Å². The van der Waals surface area contributed by atoms with Gasteiger partial charge in [-0.05, 0) is 68.1 Å². The smallest absolute Gasteiger partial charge is 0.105 e. The van der Waals surface area contributed by atoms with Crippen LogP contribution < -0.4 is 0 Å². The second-order valence-corrected chi connectivity index (χ2v) is 9.52. The molecule has 4 nitrogen and oxygen atoms in total. The molecular weight excluding hydrogens is 370 g/mol. The van der Waals surface area contributed by atoms with Crippen molar-refractivity contribution in [1.29, 1.82) is 0 Å². The van der Waals surface area contributed by atoms with Gasteiger partial charge in [0.2, 0.25) is 0 Å². The lowest BCUT2D eigenvalue weighted by Crippen LogP contribution is -2.38. The largest absolute Gasteiger partial charge is 0.376 e. The summed E-state index contributed by atoms with van der Waals surface area (Å²) in [5, 5.41) is 0.832. The van der Waals surface area contributed by atoms with Crippen molar-refractivity contribution in [2.75, 3.05) is 19.7 Å². The van der Waals surface area contributed by atoms with Crippen LogP contribution in [0.15, 0.2) is 36.7 Å². The van der Waals surface area contributed by atoms with Gasteiger partial charge < -0.3 is 9.30 Å². The molecule has 4 atom stereocenters. The van der Waals surface area contributed by atoms with Gasteiger partial charge in [0.15, 0.2) is 0 Å². The van der Waals surface area contributed by atoms with Gasteiger partial charge in [0.1, 0.15) is 5.82 Å². The fourth-order valence-corrected chi connectivity index (χ4v) is 5.48. The predicted octanol–water partition coefficient (Wildman–Crippen LogP) is 4.72. The number of ether oxygens (including phenoxy) is 1. The summed E-state index contributed by atoms with van der Waals surface area (Å²) in [6.45, 7) is 6.41. The van der Waals surface area contributed by atoms with Crippen molar-refractivity contribution in [2.24, 2.45) is 17.8 Å². The maximum absolute atomic E-state index is 6.49. The summed E-state index contributed by atoms with van der Waals surface area (Å²) >= 11 is 6.18. The Hall–Kier alpha value is -1.36. The Balaban J connectivity index is 1.29. The lowest BCUT2D eigenvalue weighted by Gasteiger charge is -2.39. The molecular formula is C23H30ClN3O. The maximum Gasteiger partial charge on any atom is 0.105 e. The van der Waals surface area contributed by atoms with Crippen molar-refractivity contribution in [3.05, 3.63) is 53.1 Å². The van der Waals surface area contributed by atoms with E-state index in [2.05, 4.69) is 45.8 Å². The molecule has 1 aromatic carbocycles. The number of likely N-dealkylation sites (tertiary alicyclic amines) is 1. The standard InChI is InChI=1S/C23H30ClN3O/c1-16-25-7-8-27(16)22-10-19-13-26(12-18-3-2-4-21(24)9-18)14-20(19)11-23(22)28-15-17-5-6-17/h2-4,7-9,17,19-20,22-23H,5-6,10-15H2,1H3/t19-,20+,22-,23-/m0/s1. The van der Waals surface area contributed by atoms with E-state index in [1.807, 2.05) is 12.3 Å². The molecule has 3 fully saturated rings.